The molecule has 0 amide bonds. The minimum atomic E-state index is 0.190. The highest BCUT2D eigenvalue weighted by atomic mass is 16.1. The van der Waals surface area contributed by atoms with Gasteiger partial charge in [0.05, 0.1) is 0 Å². The van der Waals surface area contributed by atoms with Gasteiger partial charge in [-0.25, -0.2) is 4.57 Å². The third kappa shape index (κ3) is 3.38. The van der Waals surface area contributed by atoms with Crippen LogP contribution in [0.1, 0.15) is 38.2 Å². The van der Waals surface area contributed by atoms with Gasteiger partial charge in [-0.1, -0.05) is 47.4 Å². The van der Waals surface area contributed by atoms with Crippen molar-refractivity contribution in [3.8, 4) is 0 Å². The molecule has 1 heterocycles. The Kier molecular flexibility index (Phi) is 4.53. The smallest absolute Gasteiger partial charge is 0.189 e. The summed E-state index contributed by atoms with van der Waals surface area (Å²) < 4.78 is 2.15. The van der Waals surface area contributed by atoms with Crippen molar-refractivity contribution < 1.29 is 9.36 Å². The minimum absolute atomic E-state index is 0.190. The number of fused-ring (bicyclic) bond motifs is 1. The van der Waals surface area contributed by atoms with E-state index in [0.29, 0.717) is 0 Å². The summed E-state index contributed by atoms with van der Waals surface area (Å²) in [6.07, 6.45) is 6.93. The van der Waals surface area contributed by atoms with Crippen molar-refractivity contribution in [1.29, 1.82) is 0 Å². The number of nitrogens with zero attached hydrogens (tertiary/aromatic N) is 1. The van der Waals surface area contributed by atoms with Crippen LogP contribution in [-0.2, 0) is 13.0 Å². The van der Waals surface area contributed by atoms with E-state index in [9.17, 15) is 4.79 Å². The van der Waals surface area contributed by atoms with Gasteiger partial charge in [0, 0.05) is 35.3 Å². The molecule has 0 unspecified atom stereocenters. The highest BCUT2D eigenvalue weighted by molar-refractivity contribution is 6.40. The number of allylic oxidation sites excluding steroid dienone is 1. The van der Waals surface area contributed by atoms with Gasteiger partial charge in [-0.2, -0.15) is 0 Å². The fourth-order valence-electron chi connectivity index (χ4n) is 3.89. The van der Waals surface area contributed by atoms with Crippen LogP contribution in [0, 0.1) is 13.8 Å². The van der Waals surface area contributed by atoms with Gasteiger partial charge in [0.1, 0.15) is 7.85 Å². The van der Waals surface area contributed by atoms with E-state index < -0.39 is 0 Å². The van der Waals surface area contributed by atoms with Crippen molar-refractivity contribution in [2.24, 2.45) is 0 Å². The Morgan fingerprint density at radius 3 is 2.44 bits per heavy atom. The molecule has 0 saturated carbocycles. The minimum Gasteiger partial charge on any atom is -0.289 e. The molecule has 1 aliphatic carbocycles. The SMILES string of the molecule is Bc1c(C)cc(C)c2c1C(=O)C(=Cc1cc[n+](Cc3ccccc3)cc1)C2. The normalized spacial score (nSPS) is 14.6. The highest BCUT2D eigenvalue weighted by Crippen LogP contribution is 2.29. The largest absolute Gasteiger partial charge is 0.289 e. The van der Waals surface area contributed by atoms with Gasteiger partial charge >= 0.3 is 0 Å². The molecule has 27 heavy (non-hydrogen) atoms. The topological polar surface area (TPSA) is 20.9 Å². The molecule has 1 aliphatic rings. The van der Waals surface area contributed by atoms with Crippen LogP contribution in [-0.4, -0.2) is 13.6 Å². The van der Waals surface area contributed by atoms with Crippen LogP contribution in [0.25, 0.3) is 6.08 Å². The van der Waals surface area contributed by atoms with Crippen molar-refractivity contribution in [3.63, 3.8) is 0 Å². The van der Waals surface area contributed by atoms with Crippen molar-refractivity contribution >= 4 is 25.2 Å². The average molecular weight is 352 g/mol. The molecule has 0 aliphatic heterocycles. The summed E-state index contributed by atoms with van der Waals surface area (Å²) in [7, 11) is 2.06. The molecule has 0 saturated heterocycles. The van der Waals surface area contributed by atoms with Gasteiger partial charge < -0.3 is 0 Å². The zero-order valence-electron chi connectivity index (χ0n) is 16.1. The van der Waals surface area contributed by atoms with Crippen LogP contribution in [0.5, 0.6) is 0 Å². The maximum Gasteiger partial charge on any atom is 0.189 e. The molecule has 0 atom stereocenters. The lowest BCUT2D eigenvalue weighted by Gasteiger charge is -2.09. The Bertz CT molecular complexity index is 1050. The lowest BCUT2D eigenvalue weighted by atomic mass is 9.82. The van der Waals surface area contributed by atoms with E-state index in [1.54, 1.807) is 0 Å². The molecule has 1 aromatic heterocycles. The molecular weight excluding hydrogens is 329 g/mol. The van der Waals surface area contributed by atoms with Crippen molar-refractivity contribution in [1.82, 2.24) is 0 Å². The summed E-state index contributed by atoms with van der Waals surface area (Å²) in [4.78, 5) is 13.0. The monoisotopic (exact) mass is 352 g/mol. The standard InChI is InChI=1S/C24H23BNO/c1-16-12-17(2)23(25)22-21(16)14-20(24(22)27)13-18-8-10-26(11-9-18)15-19-6-4-3-5-7-19/h3-13H,14-15,25H2,1-2H3/q+1. The van der Waals surface area contributed by atoms with Crippen molar-refractivity contribution in [2.75, 3.05) is 0 Å². The Morgan fingerprint density at radius 2 is 1.74 bits per heavy atom. The van der Waals surface area contributed by atoms with Gasteiger partial charge in [0.25, 0.3) is 0 Å². The first-order chi connectivity index (χ1) is 13.0. The quantitative estimate of drug-likeness (QED) is 0.403. The third-order valence-electron chi connectivity index (χ3n) is 5.53. The fourth-order valence-corrected chi connectivity index (χ4v) is 3.89. The Hall–Kier alpha value is -2.94. The number of ketones is 1. The molecule has 0 bridgehead atoms. The van der Waals surface area contributed by atoms with E-state index in [0.717, 1.165) is 35.1 Å². The fraction of sp³-hybridized carbons (Fsp3) is 0.167. The number of aromatic nitrogens is 1. The van der Waals surface area contributed by atoms with Crippen LogP contribution in [0.15, 0.2) is 66.5 Å². The summed E-state index contributed by atoms with van der Waals surface area (Å²) in [5.74, 6) is 0.190. The molecule has 3 aromatic rings. The average Bonchev–Trinajstić information content (AvgIpc) is 2.99. The molecule has 2 aromatic carbocycles. The van der Waals surface area contributed by atoms with Crippen LogP contribution < -0.4 is 10.0 Å². The molecule has 0 radical (unpaired) electrons. The maximum absolute atomic E-state index is 13.0. The van der Waals surface area contributed by atoms with E-state index in [1.807, 2.05) is 12.1 Å². The summed E-state index contributed by atoms with van der Waals surface area (Å²) in [5.41, 5.74) is 8.90. The molecule has 0 spiro atoms. The zero-order valence-corrected chi connectivity index (χ0v) is 16.1. The molecule has 0 N–H and O–H groups in total. The lowest BCUT2D eigenvalue weighted by Crippen LogP contribution is -2.33. The van der Waals surface area contributed by atoms with Crippen LogP contribution in [0.3, 0.4) is 0 Å². The van der Waals surface area contributed by atoms with Gasteiger partial charge in [0.15, 0.2) is 24.7 Å². The zero-order chi connectivity index (χ0) is 19.0. The molecule has 2 nitrogen and oxygen atoms in total. The first kappa shape index (κ1) is 17.5. The second kappa shape index (κ2) is 7.00. The first-order valence-corrected chi connectivity index (χ1v) is 9.41. The molecule has 132 valence electrons. The van der Waals surface area contributed by atoms with Crippen LogP contribution >= 0.6 is 0 Å². The van der Waals surface area contributed by atoms with Gasteiger partial charge in [-0.05, 0) is 36.6 Å². The predicted octanol–water partition coefficient (Wildman–Crippen LogP) is 2.72. The van der Waals surface area contributed by atoms with Crippen molar-refractivity contribution in [2.45, 2.75) is 26.8 Å². The Labute approximate surface area is 161 Å². The molecule has 3 heteroatoms. The molecule has 0 fully saturated rings. The number of Topliss-reactive ketones (excluding diaryl/α,β-unsaturated/α-hetero) is 1. The van der Waals surface area contributed by atoms with Crippen LogP contribution in [0.4, 0.5) is 0 Å². The number of hydrogen-bond acceptors (Lipinski definition) is 1. The van der Waals surface area contributed by atoms with Gasteiger partial charge in [-0.15, -0.1) is 0 Å². The second-order valence-electron chi connectivity index (χ2n) is 7.45. The Morgan fingerprint density at radius 1 is 1.04 bits per heavy atom. The van der Waals surface area contributed by atoms with E-state index in [1.165, 1.54) is 22.3 Å². The van der Waals surface area contributed by atoms with E-state index in [4.69, 9.17) is 0 Å². The lowest BCUT2D eigenvalue weighted by molar-refractivity contribution is -0.688. The second-order valence-corrected chi connectivity index (χ2v) is 7.45. The first-order valence-electron chi connectivity index (χ1n) is 9.41. The van der Waals surface area contributed by atoms with Crippen LogP contribution in [0.2, 0.25) is 0 Å². The number of carbonyl (C=O) groups is 1. The van der Waals surface area contributed by atoms with Gasteiger partial charge in [-0.3, -0.25) is 4.79 Å². The summed E-state index contributed by atoms with van der Waals surface area (Å²) >= 11 is 0. The molecular formula is C24H23BNO+. The van der Waals surface area contributed by atoms with E-state index in [-0.39, 0.29) is 5.78 Å². The third-order valence-corrected chi connectivity index (χ3v) is 5.53. The molecule has 4 rings (SSSR count). The number of carbonyl (C=O) groups excluding carboxylic acids is 1. The number of rotatable bonds is 3. The Balaban J connectivity index is 1.59. The van der Waals surface area contributed by atoms with E-state index in [2.05, 4.69) is 81.1 Å². The number of benzene rings is 2. The summed E-state index contributed by atoms with van der Waals surface area (Å²) in [5, 5.41) is 0. The number of pyridine rings is 1. The highest BCUT2D eigenvalue weighted by Gasteiger charge is 2.28. The van der Waals surface area contributed by atoms with E-state index >= 15 is 0 Å². The summed E-state index contributed by atoms with van der Waals surface area (Å²) in [6.45, 7) is 5.04. The maximum atomic E-state index is 13.0. The van der Waals surface area contributed by atoms with Crippen molar-refractivity contribution in [3.05, 3.63) is 99.9 Å². The summed E-state index contributed by atoms with van der Waals surface area (Å²) in [6, 6.07) is 16.8. The number of hydrogen-bond donors (Lipinski definition) is 0. The van der Waals surface area contributed by atoms with Gasteiger partial charge in [0.2, 0.25) is 0 Å². The number of aryl methyl sites for hydroxylation is 2. The predicted molar refractivity (Wildman–Crippen MR) is 112 cm³/mol.